The topological polar surface area (TPSA) is 14.1 Å². The van der Waals surface area contributed by atoms with Crippen LogP contribution in [0.3, 0.4) is 0 Å². The first-order valence-corrected chi connectivity index (χ1v) is 3.71. The fourth-order valence-electron chi connectivity index (χ4n) is 0.868. The van der Waals surface area contributed by atoms with E-state index in [0.29, 0.717) is 0 Å². The Balaban J connectivity index is 2.33. The van der Waals surface area contributed by atoms with Crippen molar-refractivity contribution in [2.45, 2.75) is 6.54 Å². The monoisotopic (exact) mass is 146 g/mol. The molecule has 0 N–H and O–H groups in total. The molecule has 1 radical (unpaired) electrons. The average molecular weight is 146 g/mol. The van der Waals surface area contributed by atoms with Gasteiger partial charge in [0.25, 0.3) is 0 Å². The highest BCUT2D eigenvalue weighted by Crippen LogP contribution is 1.97. The molecule has 1 aromatic rings. The molecule has 11 heavy (non-hydrogen) atoms. The lowest BCUT2D eigenvalue weighted by Crippen LogP contribution is -2.03. The standard InChI is InChI=1S/C10H12N/c1-2-8-11-9-10-6-4-3-5-7-10/h2-7H,1,8-9H2. The van der Waals surface area contributed by atoms with Gasteiger partial charge in [-0.3, -0.25) is 0 Å². The lowest BCUT2D eigenvalue weighted by atomic mass is 10.2. The summed E-state index contributed by atoms with van der Waals surface area (Å²) in [4.78, 5) is 0. The van der Waals surface area contributed by atoms with Gasteiger partial charge in [0.05, 0.1) is 0 Å². The van der Waals surface area contributed by atoms with Gasteiger partial charge in [-0.2, -0.15) is 0 Å². The molecule has 0 spiro atoms. The third kappa shape index (κ3) is 3.01. The molecule has 0 aliphatic heterocycles. The maximum absolute atomic E-state index is 4.24. The van der Waals surface area contributed by atoms with E-state index in [0.717, 1.165) is 13.1 Å². The van der Waals surface area contributed by atoms with Gasteiger partial charge in [-0.25, -0.2) is 5.32 Å². The minimum atomic E-state index is 0.745. The predicted molar refractivity (Wildman–Crippen MR) is 47.3 cm³/mol. The molecule has 1 rings (SSSR count). The van der Waals surface area contributed by atoms with Gasteiger partial charge in [0.2, 0.25) is 0 Å². The Morgan fingerprint density at radius 2 is 2.00 bits per heavy atom. The molecule has 0 saturated carbocycles. The number of nitrogens with zero attached hydrogens (tertiary/aromatic N) is 1. The zero-order valence-corrected chi connectivity index (χ0v) is 6.53. The molecule has 0 aromatic heterocycles. The zero-order chi connectivity index (χ0) is 7.94. The normalized spacial score (nSPS) is 9.45. The summed E-state index contributed by atoms with van der Waals surface area (Å²) in [6.07, 6.45) is 1.81. The lowest BCUT2D eigenvalue weighted by Gasteiger charge is -1.97. The highest BCUT2D eigenvalue weighted by atomic mass is 14.8. The van der Waals surface area contributed by atoms with Crippen molar-refractivity contribution >= 4 is 0 Å². The SMILES string of the molecule is C=CC[N]Cc1ccccc1. The summed E-state index contributed by atoms with van der Waals surface area (Å²) in [6, 6.07) is 10.2. The minimum Gasteiger partial charge on any atom is -0.233 e. The van der Waals surface area contributed by atoms with Crippen LogP contribution >= 0.6 is 0 Å². The third-order valence-electron chi connectivity index (χ3n) is 1.40. The van der Waals surface area contributed by atoms with Gasteiger partial charge in [0.1, 0.15) is 0 Å². The maximum atomic E-state index is 4.24. The highest BCUT2D eigenvalue weighted by Gasteiger charge is 1.88. The predicted octanol–water partition coefficient (Wildman–Crippen LogP) is 1.98. The molecule has 0 bridgehead atoms. The van der Waals surface area contributed by atoms with Crippen LogP contribution in [0.15, 0.2) is 43.0 Å². The molecule has 0 amide bonds. The van der Waals surface area contributed by atoms with E-state index in [-0.39, 0.29) is 0 Å². The van der Waals surface area contributed by atoms with E-state index < -0.39 is 0 Å². The highest BCUT2D eigenvalue weighted by molar-refractivity contribution is 5.14. The van der Waals surface area contributed by atoms with E-state index >= 15 is 0 Å². The second-order valence-corrected chi connectivity index (χ2v) is 2.34. The molecule has 57 valence electrons. The molecule has 1 nitrogen and oxygen atoms in total. The summed E-state index contributed by atoms with van der Waals surface area (Å²) in [6.45, 7) is 5.14. The molecule has 0 fully saturated rings. The van der Waals surface area contributed by atoms with Crippen LogP contribution in [0.4, 0.5) is 0 Å². The Labute approximate surface area is 67.8 Å². The molecule has 0 saturated heterocycles. The van der Waals surface area contributed by atoms with Crippen LogP contribution < -0.4 is 5.32 Å². The summed E-state index contributed by atoms with van der Waals surface area (Å²) < 4.78 is 0. The van der Waals surface area contributed by atoms with Crippen LogP contribution in [0.25, 0.3) is 0 Å². The van der Waals surface area contributed by atoms with Crippen LogP contribution in [0, 0.1) is 0 Å². The first-order chi connectivity index (χ1) is 5.43. The number of hydrogen-bond acceptors (Lipinski definition) is 0. The Bertz CT molecular complexity index is 203. The fraction of sp³-hybridized carbons (Fsp3) is 0.200. The Hall–Kier alpha value is -1.08. The van der Waals surface area contributed by atoms with Crippen LogP contribution in [-0.4, -0.2) is 6.54 Å². The minimum absolute atomic E-state index is 0.745. The van der Waals surface area contributed by atoms with E-state index in [2.05, 4.69) is 24.0 Å². The Kier molecular flexibility index (Phi) is 3.42. The number of hydrogen-bond donors (Lipinski definition) is 0. The van der Waals surface area contributed by atoms with E-state index in [1.54, 1.807) is 0 Å². The van der Waals surface area contributed by atoms with E-state index in [4.69, 9.17) is 0 Å². The molecule has 1 heteroatoms. The molecule has 0 unspecified atom stereocenters. The van der Waals surface area contributed by atoms with Gasteiger partial charge in [-0.05, 0) is 5.56 Å². The largest absolute Gasteiger partial charge is 0.233 e. The smallest absolute Gasteiger partial charge is 0.0387 e. The van der Waals surface area contributed by atoms with E-state index in [9.17, 15) is 0 Å². The lowest BCUT2D eigenvalue weighted by molar-refractivity contribution is 0.743. The summed E-state index contributed by atoms with van der Waals surface area (Å²) in [5.41, 5.74) is 1.26. The van der Waals surface area contributed by atoms with Crippen molar-refractivity contribution < 1.29 is 0 Å². The molecular formula is C10H12N. The molecule has 0 aliphatic carbocycles. The van der Waals surface area contributed by atoms with Gasteiger partial charge in [0.15, 0.2) is 0 Å². The molecular weight excluding hydrogens is 134 g/mol. The average Bonchev–Trinajstić information content (AvgIpc) is 2.07. The second kappa shape index (κ2) is 4.69. The van der Waals surface area contributed by atoms with Gasteiger partial charge >= 0.3 is 0 Å². The fourth-order valence-corrected chi connectivity index (χ4v) is 0.868. The van der Waals surface area contributed by atoms with Crippen molar-refractivity contribution in [2.24, 2.45) is 0 Å². The summed E-state index contributed by atoms with van der Waals surface area (Å²) in [5.74, 6) is 0. The summed E-state index contributed by atoms with van der Waals surface area (Å²) >= 11 is 0. The first-order valence-electron chi connectivity index (χ1n) is 3.71. The van der Waals surface area contributed by atoms with Crippen molar-refractivity contribution in [3.8, 4) is 0 Å². The number of benzene rings is 1. The van der Waals surface area contributed by atoms with Crippen molar-refractivity contribution in [3.63, 3.8) is 0 Å². The molecule has 0 atom stereocenters. The quantitative estimate of drug-likeness (QED) is 0.455. The van der Waals surface area contributed by atoms with Crippen molar-refractivity contribution in [1.29, 1.82) is 0 Å². The first kappa shape index (κ1) is 8.02. The van der Waals surface area contributed by atoms with Gasteiger partial charge in [0, 0.05) is 13.1 Å². The van der Waals surface area contributed by atoms with Crippen LogP contribution in [-0.2, 0) is 6.54 Å². The molecule has 0 aliphatic rings. The summed E-state index contributed by atoms with van der Waals surface area (Å²) in [5, 5.41) is 4.24. The van der Waals surface area contributed by atoms with E-state index in [1.807, 2.05) is 24.3 Å². The zero-order valence-electron chi connectivity index (χ0n) is 6.53. The van der Waals surface area contributed by atoms with Crippen molar-refractivity contribution in [1.82, 2.24) is 5.32 Å². The van der Waals surface area contributed by atoms with Gasteiger partial charge in [-0.1, -0.05) is 36.4 Å². The molecule has 1 aromatic carbocycles. The van der Waals surface area contributed by atoms with Gasteiger partial charge < -0.3 is 0 Å². The Morgan fingerprint density at radius 1 is 1.27 bits per heavy atom. The third-order valence-corrected chi connectivity index (χ3v) is 1.40. The number of rotatable bonds is 4. The van der Waals surface area contributed by atoms with Crippen molar-refractivity contribution in [3.05, 3.63) is 48.6 Å². The van der Waals surface area contributed by atoms with Crippen LogP contribution in [0.2, 0.25) is 0 Å². The molecule has 0 heterocycles. The van der Waals surface area contributed by atoms with Crippen LogP contribution in [0.1, 0.15) is 5.56 Å². The summed E-state index contributed by atoms with van der Waals surface area (Å²) in [7, 11) is 0. The van der Waals surface area contributed by atoms with Crippen molar-refractivity contribution in [2.75, 3.05) is 6.54 Å². The Morgan fingerprint density at radius 3 is 2.64 bits per heavy atom. The van der Waals surface area contributed by atoms with E-state index in [1.165, 1.54) is 5.56 Å². The van der Waals surface area contributed by atoms with Crippen LogP contribution in [0.5, 0.6) is 0 Å². The van der Waals surface area contributed by atoms with Gasteiger partial charge in [-0.15, -0.1) is 6.58 Å². The maximum Gasteiger partial charge on any atom is 0.0387 e. The second-order valence-electron chi connectivity index (χ2n) is 2.34.